The van der Waals surface area contributed by atoms with Crippen molar-refractivity contribution in [2.75, 3.05) is 13.7 Å². The number of methoxy groups -OCH3 is 1. The Hall–Kier alpha value is -2.54. The summed E-state index contributed by atoms with van der Waals surface area (Å²) in [6.07, 6.45) is 5.25. The zero-order valence-corrected chi connectivity index (χ0v) is 14.1. The SMILES string of the molecule is COc1ccc([N+](=O)[O-])cc1CN1CCc2nc(C3CC3)ncc2C1. The Morgan fingerprint density at radius 1 is 1.40 bits per heavy atom. The van der Waals surface area contributed by atoms with Gasteiger partial charge in [0, 0.05) is 67.1 Å². The summed E-state index contributed by atoms with van der Waals surface area (Å²) in [7, 11) is 1.59. The van der Waals surface area contributed by atoms with E-state index < -0.39 is 0 Å². The molecule has 1 aliphatic heterocycles. The number of benzene rings is 1. The van der Waals surface area contributed by atoms with E-state index in [0.29, 0.717) is 18.2 Å². The highest BCUT2D eigenvalue weighted by molar-refractivity contribution is 5.44. The van der Waals surface area contributed by atoms with Gasteiger partial charge in [-0.2, -0.15) is 0 Å². The fourth-order valence-corrected chi connectivity index (χ4v) is 3.31. The predicted octanol–water partition coefficient (Wildman–Crippen LogP) is 2.83. The lowest BCUT2D eigenvalue weighted by molar-refractivity contribution is -0.385. The molecule has 1 aromatic heterocycles. The molecule has 0 radical (unpaired) electrons. The molecule has 7 heteroatoms. The van der Waals surface area contributed by atoms with Gasteiger partial charge in [-0.1, -0.05) is 0 Å². The highest BCUT2D eigenvalue weighted by Gasteiger charge is 2.28. The van der Waals surface area contributed by atoms with E-state index >= 15 is 0 Å². The van der Waals surface area contributed by atoms with Gasteiger partial charge in [0.2, 0.25) is 0 Å². The summed E-state index contributed by atoms with van der Waals surface area (Å²) >= 11 is 0. The van der Waals surface area contributed by atoms with Crippen molar-refractivity contribution in [2.45, 2.75) is 38.3 Å². The van der Waals surface area contributed by atoms with Crippen molar-refractivity contribution in [1.29, 1.82) is 0 Å². The van der Waals surface area contributed by atoms with E-state index in [4.69, 9.17) is 9.72 Å². The highest BCUT2D eigenvalue weighted by atomic mass is 16.6. The molecule has 25 heavy (non-hydrogen) atoms. The third-order valence-corrected chi connectivity index (χ3v) is 4.84. The first-order chi connectivity index (χ1) is 12.1. The third-order valence-electron chi connectivity index (χ3n) is 4.84. The number of fused-ring (bicyclic) bond motifs is 1. The van der Waals surface area contributed by atoms with Crippen LogP contribution in [0.2, 0.25) is 0 Å². The van der Waals surface area contributed by atoms with Crippen molar-refractivity contribution in [2.24, 2.45) is 0 Å². The standard InChI is InChI=1S/C18H20N4O3/c1-25-17-5-4-15(22(23)24)8-13(17)10-21-7-6-16-14(11-21)9-19-18(20-16)12-2-3-12/h4-5,8-9,12H,2-3,6-7,10-11H2,1H3. The van der Waals surface area contributed by atoms with Crippen LogP contribution in [0.1, 0.15) is 41.4 Å². The third kappa shape index (κ3) is 3.32. The van der Waals surface area contributed by atoms with Crippen LogP contribution in [0.15, 0.2) is 24.4 Å². The van der Waals surface area contributed by atoms with Gasteiger partial charge in [-0.25, -0.2) is 9.97 Å². The second-order valence-electron chi connectivity index (χ2n) is 6.69. The van der Waals surface area contributed by atoms with Crippen LogP contribution in [0.25, 0.3) is 0 Å². The predicted molar refractivity (Wildman–Crippen MR) is 91.5 cm³/mol. The lowest BCUT2D eigenvalue weighted by Crippen LogP contribution is -2.31. The molecule has 1 fully saturated rings. The zero-order valence-electron chi connectivity index (χ0n) is 14.1. The maximum absolute atomic E-state index is 11.0. The van der Waals surface area contributed by atoms with Crippen molar-refractivity contribution in [3.8, 4) is 5.75 Å². The molecule has 0 saturated heterocycles. The van der Waals surface area contributed by atoms with E-state index in [-0.39, 0.29) is 10.6 Å². The average molecular weight is 340 g/mol. The van der Waals surface area contributed by atoms with Gasteiger partial charge < -0.3 is 4.74 Å². The van der Waals surface area contributed by atoms with Crippen LogP contribution in [-0.2, 0) is 19.5 Å². The van der Waals surface area contributed by atoms with Gasteiger partial charge >= 0.3 is 0 Å². The quantitative estimate of drug-likeness (QED) is 0.615. The maximum atomic E-state index is 11.0. The second kappa shape index (κ2) is 6.40. The minimum absolute atomic E-state index is 0.0885. The molecular formula is C18H20N4O3. The first-order valence-electron chi connectivity index (χ1n) is 8.52. The molecule has 0 spiro atoms. The van der Waals surface area contributed by atoms with Crippen molar-refractivity contribution in [3.63, 3.8) is 0 Å². The number of ether oxygens (including phenoxy) is 1. The van der Waals surface area contributed by atoms with Gasteiger partial charge in [-0.3, -0.25) is 15.0 Å². The van der Waals surface area contributed by atoms with Crippen molar-refractivity contribution < 1.29 is 9.66 Å². The highest BCUT2D eigenvalue weighted by Crippen LogP contribution is 2.38. The molecule has 130 valence electrons. The van der Waals surface area contributed by atoms with Crippen molar-refractivity contribution in [1.82, 2.24) is 14.9 Å². The smallest absolute Gasteiger partial charge is 0.270 e. The molecule has 0 unspecified atom stereocenters. The van der Waals surface area contributed by atoms with Crippen molar-refractivity contribution in [3.05, 3.63) is 57.2 Å². The molecule has 2 aliphatic rings. The van der Waals surface area contributed by atoms with Gasteiger partial charge in [0.25, 0.3) is 5.69 Å². The van der Waals surface area contributed by atoms with Crippen LogP contribution in [0.5, 0.6) is 5.75 Å². The Morgan fingerprint density at radius 2 is 2.24 bits per heavy atom. The van der Waals surface area contributed by atoms with Crippen LogP contribution in [0.4, 0.5) is 5.69 Å². The number of rotatable bonds is 5. The molecule has 0 atom stereocenters. The van der Waals surface area contributed by atoms with Crippen molar-refractivity contribution >= 4 is 5.69 Å². The van der Waals surface area contributed by atoms with Crippen LogP contribution in [0, 0.1) is 10.1 Å². The number of hydrogen-bond donors (Lipinski definition) is 0. The zero-order chi connectivity index (χ0) is 17.4. The fraction of sp³-hybridized carbons (Fsp3) is 0.444. The van der Waals surface area contributed by atoms with Gasteiger partial charge in [-0.15, -0.1) is 0 Å². The van der Waals surface area contributed by atoms with E-state index in [1.807, 2.05) is 6.20 Å². The lowest BCUT2D eigenvalue weighted by atomic mass is 10.1. The Morgan fingerprint density at radius 3 is 2.96 bits per heavy atom. The normalized spacial score (nSPS) is 17.2. The van der Waals surface area contributed by atoms with E-state index in [1.165, 1.54) is 18.9 Å². The maximum Gasteiger partial charge on any atom is 0.270 e. The summed E-state index contributed by atoms with van der Waals surface area (Å²) in [5.74, 6) is 2.24. The summed E-state index contributed by atoms with van der Waals surface area (Å²) in [5, 5.41) is 11.0. The van der Waals surface area contributed by atoms with E-state index in [9.17, 15) is 10.1 Å². The van der Waals surface area contributed by atoms with Gasteiger partial charge in [-0.05, 0) is 18.9 Å². The Balaban J connectivity index is 1.52. The molecule has 1 aliphatic carbocycles. The number of nitro groups is 1. The Kier molecular flexibility index (Phi) is 4.09. The molecular weight excluding hydrogens is 320 g/mol. The molecule has 2 heterocycles. The van der Waals surface area contributed by atoms with Crippen LogP contribution < -0.4 is 4.74 Å². The molecule has 2 aromatic rings. The number of aromatic nitrogens is 2. The number of nitrogens with zero attached hydrogens (tertiary/aromatic N) is 4. The summed E-state index contributed by atoms with van der Waals surface area (Å²) in [6, 6.07) is 4.73. The lowest BCUT2D eigenvalue weighted by Gasteiger charge is -2.28. The van der Waals surface area contributed by atoms with Crippen LogP contribution in [-0.4, -0.2) is 33.4 Å². The second-order valence-corrected chi connectivity index (χ2v) is 6.69. The van der Waals surface area contributed by atoms with E-state index in [1.54, 1.807) is 19.2 Å². The summed E-state index contributed by atoms with van der Waals surface area (Å²) in [5.41, 5.74) is 3.22. The van der Waals surface area contributed by atoms with Gasteiger partial charge in [0.15, 0.2) is 0 Å². The number of hydrogen-bond acceptors (Lipinski definition) is 6. The summed E-state index contributed by atoms with van der Waals surface area (Å²) in [4.78, 5) is 22.2. The molecule has 4 rings (SSSR count). The van der Waals surface area contributed by atoms with Gasteiger partial charge in [0.05, 0.1) is 12.0 Å². The minimum atomic E-state index is -0.373. The molecule has 0 amide bonds. The van der Waals surface area contributed by atoms with Crippen LogP contribution >= 0.6 is 0 Å². The fourth-order valence-electron chi connectivity index (χ4n) is 3.31. The number of non-ortho nitro benzene ring substituents is 1. The minimum Gasteiger partial charge on any atom is -0.496 e. The average Bonchev–Trinajstić information content (AvgIpc) is 3.46. The summed E-state index contributed by atoms with van der Waals surface area (Å²) in [6.45, 7) is 2.24. The first-order valence-corrected chi connectivity index (χ1v) is 8.52. The largest absolute Gasteiger partial charge is 0.496 e. The Labute approximate surface area is 145 Å². The Bertz CT molecular complexity index is 820. The van der Waals surface area contributed by atoms with Crippen LogP contribution in [0.3, 0.4) is 0 Å². The van der Waals surface area contributed by atoms with E-state index in [0.717, 1.165) is 42.2 Å². The molecule has 1 saturated carbocycles. The molecule has 1 aromatic carbocycles. The molecule has 0 N–H and O–H groups in total. The monoisotopic (exact) mass is 340 g/mol. The topological polar surface area (TPSA) is 81.4 Å². The number of nitro benzene ring substituents is 1. The molecule has 7 nitrogen and oxygen atoms in total. The first kappa shape index (κ1) is 16.0. The molecule has 0 bridgehead atoms. The van der Waals surface area contributed by atoms with Gasteiger partial charge in [0.1, 0.15) is 11.6 Å². The van der Waals surface area contributed by atoms with E-state index in [2.05, 4.69) is 9.88 Å². The summed E-state index contributed by atoms with van der Waals surface area (Å²) < 4.78 is 5.37.